The SMILES string of the molecule is CNCC1CCCN(S(=O)(=O)c2cnc3n2CCC3)C1. The molecular formula is C13H22N4O2S. The lowest BCUT2D eigenvalue weighted by atomic mass is 10.00. The van der Waals surface area contributed by atoms with E-state index in [0.29, 0.717) is 24.0 Å². The van der Waals surface area contributed by atoms with E-state index in [1.165, 1.54) is 6.20 Å². The molecular weight excluding hydrogens is 276 g/mol. The first kappa shape index (κ1) is 14.0. The number of imidazole rings is 1. The van der Waals surface area contributed by atoms with Crippen LogP contribution < -0.4 is 5.32 Å². The van der Waals surface area contributed by atoms with Crippen molar-refractivity contribution in [3.63, 3.8) is 0 Å². The molecule has 0 bridgehead atoms. The number of aryl methyl sites for hydroxylation is 1. The number of aromatic nitrogens is 2. The van der Waals surface area contributed by atoms with E-state index in [1.807, 2.05) is 11.6 Å². The third-order valence-electron chi connectivity index (χ3n) is 4.26. The van der Waals surface area contributed by atoms with Crippen molar-refractivity contribution in [2.45, 2.75) is 37.3 Å². The standard InChI is InChI=1S/C13H22N4O2S/c1-14-8-11-4-2-6-16(10-11)20(18,19)13-9-15-12-5-3-7-17(12)13/h9,11,14H,2-8,10H2,1H3. The van der Waals surface area contributed by atoms with Crippen LogP contribution in [-0.4, -0.2) is 49.0 Å². The van der Waals surface area contributed by atoms with Gasteiger partial charge in [0.15, 0.2) is 5.03 Å². The minimum Gasteiger partial charge on any atom is -0.319 e. The molecule has 3 rings (SSSR count). The van der Waals surface area contributed by atoms with Gasteiger partial charge in [0.2, 0.25) is 0 Å². The average molecular weight is 298 g/mol. The maximum Gasteiger partial charge on any atom is 0.260 e. The van der Waals surface area contributed by atoms with Gasteiger partial charge < -0.3 is 9.88 Å². The summed E-state index contributed by atoms with van der Waals surface area (Å²) in [6.07, 6.45) is 5.45. The van der Waals surface area contributed by atoms with Crippen molar-refractivity contribution in [1.82, 2.24) is 19.2 Å². The van der Waals surface area contributed by atoms with Gasteiger partial charge >= 0.3 is 0 Å². The minimum atomic E-state index is -3.39. The Morgan fingerprint density at radius 3 is 3.05 bits per heavy atom. The van der Waals surface area contributed by atoms with Crippen LogP contribution in [0.3, 0.4) is 0 Å². The van der Waals surface area contributed by atoms with Gasteiger partial charge in [-0.15, -0.1) is 0 Å². The molecule has 0 aromatic carbocycles. The lowest BCUT2D eigenvalue weighted by Crippen LogP contribution is -2.42. The fourth-order valence-electron chi connectivity index (χ4n) is 3.27. The van der Waals surface area contributed by atoms with E-state index >= 15 is 0 Å². The second-order valence-electron chi connectivity index (χ2n) is 5.70. The monoisotopic (exact) mass is 298 g/mol. The van der Waals surface area contributed by atoms with Gasteiger partial charge in [0.1, 0.15) is 5.82 Å². The van der Waals surface area contributed by atoms with Crippen LogP contribution in [0, 0.1) is 5.92 Å². The molecule has 1 unspecified atom stereocenters. The predicted octanol–water partition coefficient (Wildman–Crippen LogP) is 0.449. The number of rotatable bonds is 4. The maximum absolute atomic E-state index is 12.8. The molecule has 1 fully saturated rings. The van der Waals surface area contributed by atoms with Crippen LogP contribution in [0.25, 0.3) is 0 Å². The molecule has 7 heteroatoms. The average Bonchev–Trinajstić information content (AvgIpc) is 3.01. The quantitative estimate of drug-likeness (QED) is 0.876. The molecule has 1 atom stereocenters. The molecule has 1 aromatic rings. The minimum absolute atomic E-state index is 0.384. The third kappa shape index (κ3) is 2.38. The molecule has 20 heavy (non-hydrogen) atoms. The summed E-state index contributed by atoms with van der Waals surface area (Å²) in [4.78, 5) is 4.26. The van der Waals surface area contributed by atoms with E-state index in [-0.39, 0.29) is 0 Å². The van der Waals surface area contributed by atoms with Gasteiger partial charge in [-0.25, -0.2) is 13.4 Å². The van der Waals surface area contributed by atoms with Crippen molar-refractivity contribution in [3.8, 4) is 0 Å². The largest absolute Gasteiger partial charge is 0.319 e. The number of fused-ring (bicyclic) bond motifs is 1. The van der Waals surface area contributed by atoms with Crippen LogP contribution in [0.5, 0.6) is 0 Å². The van der Waals surface area contributed by atoms with Gasteiger partial charge in [-0.1, -0.05) is 0 Å². The molecule has 0 radical (unpaired) electrons. The van der Waals surface area contributed by atoms with Crippen molar-refractivity contribution in [2.24, 2.45) is 5.92 Å². The lowest BCUT2D eigenvalue weighted by Gasteiger charge is -2.31. The van der Waals surface area contributed by atoms with E-state index in [0.717, 1.165) is 44.6 Å². The highest BCUT2D eigenvalue weighted by Gasteiger charge is 2.33. The second kappa shape index (κ2) is 5.46. The Labute approximate surface area is 120 Å². The first-order valence-corrected chi connectivity index (χ1v) is 8.76. The number of sulfonamides is 1. The molecule has 0 spiro atoms. The molecule has 0 saturated carbocycles. The first-order chi connectivity index (χ1) is 9.63. The Morgan fingerprint density at radius 2 is 2.25 bits per heavy atom. The zero-order chi connectivity index (χ0) is 14.2. The number of nitrogens with zero attached hydrogens (tertiary/aromatic N) is 3. The highest BCUT2D eigenvalue weighted by molar-refractivity contribution is 7.89. The van der Waals surface area contributed by atoms with E-state index in [2.05, 4.69) is 10.3 Å². The van der Waals surface area contributed by atoms with Gasteiger partial charge in [-0.3, -0.25) is 0 Å². The highest BCUT2D eigenvalue weighted by atomic mass is 32.2. The van der Waals surface area contributed by atoms with Gasteiger partial charge in [-0.05, 0) is 38.8 Å². The summed E-state index contributed by atoms with van der Waals surface area (Å²) < 4.78 is 29.1. The molecule has 0 amide bonds. The molecule has 112 valence electrons. The normalized spacial score (nSPS) is 23.9. The Morgan fingerprint density at radius 1 is 1.40 bits per heavy atom. The zero-order valence-corrected chi connectivity index (χ0v) is 12.7. The van der Waals surface area contributed by atoms with Crippen LogP contribution >= 0.6 is 0 Å². The molecule has 2 aliphatic heterocycles. The summed E-state index contributed by atoms with van der Waals surface area (Å²) in [5.41, 5.74) is 0. The van der Waals surface area contributed by atoms with Crippen molar-refractivity contribution in [3.05, 3.63) is 12.0 Å². The molecule has 1 aromatic heterocycles. The molecule has 6 nitrogen and oxygen atoms in total. The maximum atomic E-state index is 12.8. The van der Waals surface area contributed by atoms with E-state index in [9.17, 15) is 8.42 Å². The highest BCUT2D eigenvalue weighted by Crippen LogP contribution is 2.26. The lowest BCUT2D eigenvalue weighted by molar-refractivity contribution is 0.262. The fourth-order valence-corrected chi connectivity index (χ4v) is 4.97. The van der Waals surface area contributed by atoms with Crippen molar-refractivity contribution >= 4 is 10.0 Å². The molecule has 2 aliphatic rings. The number of hydrogen-bond donors (Lipinski definition) is 1. The van der Waals surface area contributed by atoms with Crippen LogP contribution in [-0.2, 0) is 23.0 Å². The summed E-state index contributed by atoms with van der Waals surface area (Å²) in [6, 6.07) is 0. The second-order valence-corrected chi connectivity index (χ2v) is 7.58. The van der Waals surface area contributed by atoms with Crippen LogP contribution in [0.15, 0.2) is 11.2 Å². The van der Waals surface area contributed by atoms with E-state index in [4.69, 9.17) is 0 Å². The molecule has 0 aliphatic carbocycles. The van der Waals surface area contributed by atoms with Crippen LogP contribution in [0.1, 0.15) is 25.1 Å². The summed E-state index contributed by atoms with van der Waals surface area (Å²) in [5.74, 6) is 1.32. The topological polar surface area (TPSA) is 67.2 Å². The molecule has 1 saturated heterocycles. The number of hydrogen-bond acceptors (Lipinski definition) is 4. The Hall–Kier alpha value is -0.920. The van der Waals surface area contributed by atoms with Crippen molar-refractivity contribution < 1.29 is 8.42 Å². The molecule has 1 N–H and O–H groups in total. The van der Waals surface area contributed by atoms with Crippen molar-refractivity contribution in [2.75, 3.05) is 26.7 Å². The van der Waals surface area contributed by atoms with Crippen LogP contribution in [0.4, 0.5) is 0 Å². The summed E-state index contributed by atoms with van der Waals surface area (Å²) in [7, 11) is -1.48. The molecule has 3 heterocycles. The number of piperidine rings is 1. The fraction of sp³-hybridized carbons (Fsp3) is 0.769. The first-order valence-electron chi connectivity index (χ1n) is 7.32. The Balaban J connectivity index is 1.84. The third-order valence-corrected chi connectivity index (χ3v) is 6.13. The summed E-state index contributed by atoms with van der Waals surface area (Å²) >= 11 is 0. The van der Waals surface area contributed by atoms with E-state index < -0.39 is 10.0 Å². The Kier molecular flexibility index (Phi) is 3.83. The van der Waals surface area contributed by atoms with Gasteiger partial charge in [0.25, 0.3) is 10.0 Å². The Bertz CT molecular complexity index is 579. The smallest absolute Gasteiger partial charge is 0.260 e. The van der Waals surface area contributed by atoms with Gasteiger partial charge in [0, 0.05) is 26.1 Å². The number of nitrogens with one attached hydrogen (secondary N) is 1. The van der Waals surface area contributed by atoms with Crippen molar-refractivity contribution in [1.29, 1.82) is 0 Å². The van der Waals surface area contributed by atoms with Crippen LogP contribution in [0.2, 0.25) is 0 Å². The zero-order valence-electron chi connectivity index (χ0n) is 11.9. The predicted molar refractivity (Wildman–Crippen MR) is 76.0 cm³/mol. The van der Waals surface area contributed by atoms with Gasteiger partial charge in [-0.2, -0.15) is 4.31 Å². The van der Waals surface area contributed by atoms with Gasteiger partial charge in [0.05, 0.1) is 6.20 Å². The summed E-state index contributed by atoms with van der Waals surface area (Å²) in [5, 5.41) is 3.53. The van der Waals surface area contributed by atoms with E-state index in [1.54, 1.807) is 4.31 Å². The summed E-state index contributed by atoms with van der Waals surface area (Å²) in [6.45, 7) is 2.89.